The molecule has 0 aromatic heterocycles. The number of carbonyl (C=O) groups is 2. The Morgan fingerprint density at radius 3 is 2.73 bits per heavy atom. The van der Waals surface area contributed by atoms with E-state index >= 15 is 0 Å². The van der Waals surface area contributed by atoms with Gasteiger partial charge in [0.05, 0.1) is 17.1 Å². The SMILES string of the molecule is CCOC(=O)N[C@H](C)CC(=O)/C=C/c1ccccc1[N+](=O)[O-]. The summed E-state index contributed by atoms with van der Waals surface area (Å²) in [5, 5.41) is 13.4. The van der Waals surface area contributed by atoms with Gasteiger partial charge >= 0.3 is 6.09 Å². The Bertz CT molecular complexity index is 583. The lowest BCUT2D eigenvalue weighted by molar-refractivity contribution is -0.385. The number of para-hydroxylation sites is 1. The summed E-state index contributed by atoms with van der Waals surface area (Å²) >= 11 is 0. The summed E-state index contributed by atoms with van der Waals surface area (Å²) in [7, 11) is 0. The number of allylic oxidation sites excluding steroid dienone is 1. The molecule has 7 nitrogen and oxygen atoms in total. The fraction of sp³-hybridized carbons (Fsp3) is 0.333. The van der Waals surface area contributed by atoms with Gasteiger partial charge in [0.2, 0.25) is 0 Å². The van der Waals surface area contributed by atoms with Gasteiger partial charge in [-0.15, -0.1) is 0 Å². The molecule has 0 fully saturated rings. The number of benzene rings is 1. The molecule has 0 aliphatic heterocycles. The van der Waals surface area contributed by atoms with Crippen molar-refractivity contribution < 1.29 is 19.2 Å². The zero-order valence-electron chi connectivity index (χ0n) is 12.4. The van der Waals surface area contributed by atoms with Gasteiger partial charge in [-0.25, -0.2) is 4.79 Å². The summed E-state index contributed by atoms with van der Waals surface area (Å²) in [6, 6.07) is 5.75. The van der Waals surface area contributed by atoms with Crippen molar-refractivity contribution >= 4 is 23.6 Å². The number of nitro benzene ring substituents is 1. The molecule has 0 saturated heterocycles. The first-order valence-corrected chi connectivity index (χ1v) is 6.81. The fourth-order valence-corrected chi connectivity index (χ4v) is 1.77. The summed E-state index contributed by atoms with van der Waals surface area (Å²) < 4.78 is 4.71. The molecule has 1 amide bonds. The van der Waals surface area contributed by atoms with Gasteiger partial charge in [-0.3, -0.25) is 14.9 Å². The highest BCUT2D eigenvalue weighted by Crippen LogP contribution is 2.19. The molecule has 0 radical (unpaired) electrons. The van der Waals surface area contributed by atoms with Crippen molar-refractivity contribution in [2.24, 2.45) is 0 Å². The van der Waals surface area contributed by atoms with E-state index < -0.39 is 11.0 Å². The predicted molar refractivity (Wildman–Crippen MR) is 81.4 cm³/mol. The molecule has 1 aromatic rings. The molecule has 1 N–H and O–H groups in total. The molecule has 1 aromatic carbocycles. The molecule has 0 aliphatic carbocycles. The minimum absolute atomic E-state index is 0.0655. The average molecular weight is 306 g/mol. The van der Waals surface area contributed by atoms with Crippen molar-refractivity contribution in [1.29, 1.82) is 0 Å². The van der Waals surface area contributed by atoms with Crippen LogP contribution in [0.4, 0.5) is 10.5 Å². The first kappa shape index (κ1) is 17.4. The van der Waals surface area contributed by atoms with Crippen LogP contribution in [0, 0.1) is 10.1 Å². The maximum absolute atomic E-state index is 11.8. The Hall–Kier alpha value is -2.70. The summed E-state index contributed by atoms with van der Waals surface area (Å²) in [5.74, 6) is -0.248. The van der Waals surface area contributed by atoms with Crippen molar-refractivity contribution in [2.45, 2.75) is 26.3 Å². The molecule has 0 saturated carbocycles. The molecule has 1 atom stereocenters. The minimum Gasteiger partial charge on any atom is -0.450 e. The van der Waals surface area contributed by atoms with E-state index in [1.165, 1.54) is 18.2 Å². The second-order valence-corrected chi connectivity index (χ2v) is 4.59. The Kier molecular flexibility index (Phi) is 6.75. The maximum Gasteiger partial charge on any atom is 0.407 e. The van der Waals surface area contributed by atoms with E-state index in [-0.39, 0.29) is 30.5 Å². The summed E-state index contributed by atoms with van der Waals surface area (Å²) in [4.78, 5) is 33.3. The van der Waals surface area contributed by atoms with Gasteiger partial charge in [-0.2, -0.15) is 0 Å². The normalized spacial score (nSPS) is 11.9. The number of nitrogens with zero attached hydrogens (tertiary/aromatic N) is 1. The van der Waals surface area contributed by atoms with Crippen LogP contribution in [0.5, 0.6) is 0 Å². The quantitative estimate of drug-likeness (QED) is 0.474. The van der Waals surface area contributed by atoms with Gasteiger partial charge in [0.25, 0.3) is 5.69 Å². The summed E-state index contributed by atoms with van der Waals surface area (Å²) in [6.45, 7) is 3.61. The number of hydrogen-bond donors (Lipinski definition) is 1. The topological polar surface area (TPSA) is 98.5 Å². The van der Waals surface area contributed by atoms with Crippen molar-refractivity contribution in [3.05, 3.63) is 46.0 Å². The van der Waals surface area contributed by atoms with Crippen molar-refractivity contribution in [2.75, 3.05) is 6.61 Å². The van der Waals surface area contributed by atoms with E-state index in [1.54, 1.807) is 32.0 Å². The lowest BCUT2D eigenvalue weighted by Gasteiger charge is -2.11. The minimum atomic E-state index is -0.578. The van der Waals surface area contributed by atoms with Gasteiger partial charge in [-0.05, 0) is 32.1 Å². The average Bonchev–Trinajstić information content (AvgIpc) is 2.45. The number of nitro groups is 1. The Morgan fingerprint density at radius 2 is 2.09 bits per heavy atom. The van der Waals surface area contributed by atoms with Crippen LogP contribution in [0.1, 0.15) is 25.8 Å². The zero-order valence-corrected chi connectivity index (χ0v) is 12.4. The van der Waals surface area contributed by atoms with E-state index in [1.807, 2.05) is 0 Å². The van der Waals surface area contributed by atoms with Gasteiger partial charge in [0.15, 0.2) is 5.78 Å². The lowest BCUT2D eigenvalue weighted by atomic mass is 10.1. The molecular formula is C15H18N2O5. The highest BCUT2D eigenvalue weighted by Gasteiger charge is 2.12. The second-order valence-electron chi connectivity index (χ2n) is 4.59. The van der Waals surface area contributed by atoms with Crippen LogP contribution in [-0.4, -0.2) is 29.4 Å². The Labute approximate surface area is 128 Å². The number of ketones is 1. The highest BCUT2D eigenvalue weighted by molar-refractivity contribution is 5.94. The lowest BCUT2D eigenvalue weighted by Crippen LogP contribution is -2.34. The monoisotopic (exact) mass is 306 g/mol. The standard InChI is InChI=1S/C15H18N2O5/c1-3-22-15(19)16-11(2)10-13(18)9-8-12-6-4-5-7-14(12)17(20)21/h4-9,11H,3,10H2,1-2H3,(H,16,19)/b9-8+/t11-/m1/s1. The molecule has 0 aliphatic rings. The predicted octanol–water partition coefficient (Wildman–Crippen LogP) is 2.70. The third-order valence-electron chi connectivity index (χ3n) is 2.73. The smallest absolute Gasteiger partial charge is 0.407 e. The third kappa shape index (κ3) is 5.74. The Morgan fingerprint density at radius 1 is 1.41 bits per heavy atom. The van der Waals surface area contributed by atoms with Crippen LogP contribution < -0.4 is 5.32 Å². The molecule has 0 heterocycles. The molecule has 22 heavy (non-hydrogen) atoms. The molecular weight excluding hydrogens is 288 g/mol. The fourth-order valence-electron chi connectivity index (χ4n) is 1.77. The second kappa shape index (κ2) is 8.56. The van der Waals surface area contributed by atoms with Gasteiger partial charge < -0.3 is 10.1 Å². The van der Waals surface area contributed by atoms with Crippen molar-refractivity contribution in [3.8, 4) is 0 Å². The molecule has 0 spiro atoms. The van der Waals surface area contributed by atoms with E-state index in [9.17, 15) is 19.7 Å². The number of rotatable bonds is 7. The first-order valence-electron chi connectivity index (χ1n) is 6.81. The summed E-state index contributed by atoms with van der Waals surface area (Å²) in [5.41, 5.74) is 0.288. The van der Waals surface area contributed by atoms with Gasteiger partial charge in [0.1, 0.15) is 0 Å². The van der Waals surface area contributed by atoms with Crippen LogP contribution in [-0.2, 0) is 9.53 Å². The van der Waals surface area contributed by atoms with Crippen molar-refractivity contribution in [3.63, 3.8) is 0 Å². The van der Waals surface area contributed by atoms with E-state index in [4.69, 9.17) is 4.74 Å². The van der Waals surface area contributed by atoms with Crippen LogP contribution in [0.25, 0.3) is 6.08 Å². The van der Waals surface area contributed by atoms with Crippen LogP contribution >= 0.6 is 0 Å². The highest BCUT2D eigenvalue weighted by atomic mass is 16.6. The zero-order chi connectivity index (χ0) is 16.5. The number of carbonyl (C=O) groups excluding carboxylic acids is 2. The largest absolute Gasteiger partial charge is 0.450 e. The number of amides is 1. The van der Waals surface area contributed by atoms with E-state index in [0.29, 0.717) is 5.56 Å². The van der Waals surface area contributed by atoms with Crippen LogP contribution in [0.15, 0.2) is 30.3 Å². The van der Waals surface area contributed by atoms with Gasteiger partial charge in [-0.1, -0.05) is 12.1 Å². The number of alkyl carbamates (subject to hydrolysis) is 1. The Balaban J connectivity index is 2.62. The molecule has 7 heteroatoms. The van der Waals surface area contributed by atoms with Crippen LogP contribution in [0.3, 0.4) is 0 Å². The molecule has 1 rings (SSSR count). The third-order valence-corrected chi connectivity index (χ3v) is 2.73. The number of nitrogens with one attached hydrogen (secondary N) is 1. The van der Waals surface area contributed by atoms with E-state index in [2.05, 4.69) is 5.32 Å². The van der Waals surface area contributed by atoms with E-state index in [0.717, 1.165) is 0 Å². The van der Waals surface area contributed by atoms with Crippen molar-refractivity contribution in [1.82, 2.24) is 5.32 Å². The first-order chi connectivity index (χ1) is 10.4. The summed E-state index contributed by atoms with van der Waals surface area (Å²) in [6.07, 6.45) is 2.17. The molecule has 0 unspecified atom stereocenters. The number of ether oxygens (including phenoxy) is 1. The molecule has 0 bridgehead atoms. The molecule has 118 valence electrons. The van der Waals surface area contributed by atoms with Crippen LogP contribution in [0.2, 0.25) is 0 Å². The number of hydrogen-bond acceptors (Lipinski definition) is 5. The maximum atomic E-state index is 11.8. The van der Waals surface area contributed by atoms with Gasteiger partial charge in [0, 0.05) is 18.5 Å².